The Morgan fingerprint density at radius 1 is 1.33 bits per heavy atom. The Morgan fingerprint density at radius 3 is 2.67 bits per heavy atom. The second kappa shape index (κ2) is 7.16. The lowest BCUT2D eigenvalue weighted by molar-refractivity contribution is -0.137. The number of aliphatic carboxylic acids is 1. The maximum absolute atomic E-state index is 10.3. The number of carbonyl (C=O) groups is 1. The number of thiol groups is 1. The molecule has 5 heteroatoms. The maximum atomic E-state index is 10.3. The van der Waals surface area contributed by atoms with E-state index >= 15 is 0 Å². The molecule has 0 aliphatic rings. The van der Waals surface area contributed by atoms with Gasteiger partial charge in [0.15, 0.2) is 11.5 Å². The van der Waals surface area contributed by atoms with Crippen LogP contribution < -0.4 is 9.47 Å². The minimum Gasteiger partial charge on any atom is -0.493 e. The van der Waals surface area contributed by atoms with Crippen LogP contribution in [0.2, 0.25) is 0 Å². The molecule has 1 aromatic carbocycles. The van der Waals surface area contributed by atoms with Gasteiger partial charge in [-0.15, -0.1) is 12.6 Å². The Morgan fingerprint density at radius 2 is 2.06 bits per heavy atom. The first-order valence-electron chi connectivity index (χ1n) is 5.76. The van der Waals surface area contributed by atoms with Crippen LogP contribution in [-0.4, -0.2) is 24.8 Å². The zero-order valence-corrected chi connectivity index (χ0v) is 11.5. The van der Waals surface area contributed by atoms with Crippen molar-refractivity contribution < 1.29 is 19.4 Å². The molecule has 18 heavy (non-hydrogen) atoms. The Hall–Kier alpha value is -1.36. The van der Waals surface area contributed by atoms with Crippen molar-refractivity contribution in [1.82, 2.24) is 0 Å². The van der Waals surface area contributed by atoms with E-state index in [0.717, 1.165) is 10.5 Å². The van der Waals surface area contributed by atoms with E-state index in [1.54, 1.807) is 7.11 Å². The van der Waals surface area contributed by atoms with Gasteiger partial charge in [-0.2, -0.15) is 0 Å². The van der Waals surface area contributed by atoms with E-state index in [2.05, 4.69) is 12.6 Å². The van der Waals surface area contributed by atoms with Crippen molar-refractivity contribution in [2.45, 2.75) is 31.1 Å². The van der Waals surface area contributed by atoms with Gasteiger partial charge in [0.1, 0.15) is 0 Å². The summed E-state index contributed by atoms with van der Waals surface area (Å²) >= 11 is 4.33. The summed E-state index contributed by atoms with van der Waals surface area (Å²) in [6, 6.07) is 3.68. The van der Waals surface area contributed by atoms with Crippen molar-refractivity contribution in [3.63, 3.8) is 0 Å². The molecule has 0 atom stereocenters. The van der Waals surface area contributed by atoms with Gasteiger partial charge < -0.3 is 14.6 Å². The van der Waals surface area contributed by atoms with Crippen LogP contribution in [0.3, 0.4) is 0 Å². The molecule has 0 bridgehead atoms. The predicted octanol–water partition coefficient (Wildman–Crippen LogP) is 2.93. The summed E-state index contributed by atoms with van der Waals surface area (Å²) in [6.45, 7) is 2.42. The van der Waals surface area contributed by atoms with E-state index in [4.69, 9.17) is 14.6 Å². The molecule has 0 aliphatic carbocycles. The lowest BCUT2D eigenvalue weighted by Crippen LogP contribution is -2.02. The fourth-order valence-corrected chi connectivity index (χ4v) is 1.67. The number of rotatable bonds is 7. The van der Waals surface area contributed by atoms with Crippen molar-refractivity contribution in [1.29, 1.82) is 0 Å². The van der Waals surface area contributed by atoms with Crippen molar-refractivity contribution in [3.8, 4) is 11.5 Å². The number of ether oxygens (including phenoxy) is 2. The van der Waals surface area contributed by atoms with Gasteiger partial charge in [0.05, 0.1) is 13.7 Å². The second-order valence-corrected chi connectivity index (χ2v) is 4.47. The van der Waals surface area contributed by atoms with Crippen LogP contribution in [-0.2, 0) is 4.79 Å². The molecule has 0 saturated heterocycles. The largest absolute Gasteiger partial charge is 0.493 e. The van der Waals surface area contributed by atoms with Crippen LogP contribution >= 0.6 is 12.6 Å². The van der Waals surface area contributed by atoms with Gasteiger partial charge in [-0.1, -0.05) is 0 Å². The predicted molar refractivity (Wildman–Crippen MR) is 72.0 cm³/mol. The van der Waals surface area contributed by atoms with Crippen LogP contribution in [0, 0.1) is 6.92 Å². The number of carboxylic acids is 1. The molecule has 100 valence electrons. The molecule has 1 N–H and O–H groups in total. The van der Waals surface area contributed by atoms with E-state index in [1.807, 2.05) is 19.1 Å². The van der Waals surface area contributed by atoms with E-state index in [0.29, 0.717) is 30.9 Å². The third-order valence-corrected chi connectivity index (χ3v) is 3.01. The number of benzene rings is 1. The minimum absolute atomic E-state index is 0.173. The first-order chi connectivity index (χ1) is 8.54. The van der Waals surface area contributed by atoms with E-state index < -0.39 is 5.97 Å². The van der Waals surface area contributed by atoms with Crippen molar-refractivity contribution >= 4 is 18.6 Å². The summed E-state index contributed by atoms with van der Waals surface area (Å²) in [4.78, 5) is 11.2. The third kappa shape index (κ3) is 4.49. The lowest BCUT2D eigenvalue weighted by atomic mass is 10.2. The van der Waals surface area contributed by atoms with Gasteiger partial charge in [-0.3, -0.25) is 4.79 Å². The topological polar surface area (TPSA) is 55.8 Å². The zero-order chi connectivity index (χ0) is 13.5. The fourth-order valence-electron chi connectivity index (χ4n) is 1.48. The van der Waals surface area contributed by atoms with Gasteiger partial charge >= 0.3 is 5.97 Å². The molecule has 1 aromatic rings. The highest BCUT2D eigenvalue weighted by atomic mass is 32.1. The van der Waals surface area contributed by atoms with E-state index in [1.165, 1.54) is 0 Å². The molecule has 0 heterocycles. The fraction of sp³-hybridized carbons (Fsp3) is 0.462. The molecule has 0 radical (unpaired) electrons. The van der Waals surface area contributed by atoms with E-state index in [9.17, 15) is 4.79 Å². The van der Waals surface area contributed by atoms with Gasteiger partial charge in [-0.25, -0.2) is 0 Å². The van der Waals surface area contributed by atoms with Crippen LogP contribution in [0.4, 0.5) is 0 Å². The molecule has 0 aromatic heterocycles. The van der Waals surface area contributed by atoms with E-state index in [-0.39, 0.29) is 6.42 Å². The normalized spacial score (nSPS) is 10.2. The summed E-state index contributed by atoms with van der Waals surface area (Å²) in [7, 11) is 1.59. The molecule has 1 rings (SSSR count). The van der Waals surface area contributed by atoms with Crippen LogP contribution in [0.25, 0.3) is 0 Å². The molecule has 0 unspecified atom stereocenters. The van der Waals surface area contributed by atoms with Crippen molar-refractivity contribution in [3.05, 3.63) is 17.7 Å². The highest BCUT2D eigenvalue weighted by Crippen LogP contribution is 2.32. The summed E-state index contributed by atoms with van der Waals surface area (Å²) in [5.41, 5.74) is 1.02. The maximum Gasteiger partial charge on any atom is 0.303 e. The van der Waals surface area contributed by atoms with Crippen LogP contribution in [0.5, 0.6) is 11.5 Å². The quantitative estimate of drug-likeness (QED) is 0.591. The average molecular weight is 270 g/mol. The van der Waals surface area contributed by atoms with Crippen molar-refractivity contribution in [2.24, 2.45) is 0 Å². The van der Waals surface area contributed by atoms with Gasteiger partial charge in [0.2, 0.25) is 0 Å². The van der Waals surface area contributed by atoms with Crippen LogP contribution in [0.15, 0.2) is 17.0 Å². The molecule has 0 aliphatic heterocycles. The number of carboxylic acid groups (broad SMARTS) is 1. The van der Waals surface area contributed by atoms with Gasteiger partial charge in [-0.05, 0) is 37.5 Å². The third-order valence-electron chi connectivity index (χ3n) is 2.52. The van der Waals surface area contributed by atoms with Crippen LogP contribution in [0.1, 0.15) is 24.8 Å². The summed E-state index contributed by atoms with van der Waals surface area (Å²) in [6.07, 6.45) is 1.48. The van der Waals surface area contributed by atoms with Gasteiger partial charge in [0.25, 0.3) is 0 Å². The number of methoxy groups -OCH3 is 1. The molecule has 0 saturated carbocycles. The Labute approximate surface area is 112 Å². The molecular formula is C13H18O4S. The SMILES string of the molecule is COc1cc(C)c(S)cc1OCCCCC(=O)O. The summed E-state index contributed by atoms with van der Waals surface area (Å²) in [5, 5.41) is 8.51. The molecule has 4 nitrogen and oxygen atoms in total. The monoisotopic (exact) mass is 270 g/mol. The smallest absolute Gasteiger partial charge is 0.303 e. The highest BCUT2D eigenvalue weighted by Gasteiger charge is 2.07. The standard InChI is InChI=1S/C13H18O4S/c1-9-7-10(16-2)11(8-12(9)18)17-6-4-3-5-13(14)15/h7-8,18H,3-6H2,1-2H3,(H,14,15). The highest BCUT2D eigenvalue weighted by molar-refractivity contribution is 7.80. The number of unbranched alkanes of at least 4 members (excludes halogenated alkanes) is 1. The Kier molecular flexibility index (Phi) is 5.85. The lowest BCUT2D eigenvalue weighted by Gasteiger charge is -2.12. The Bertz CT molecular complexity index is 418. The molecular weight excluding hydrogens is 252 g/mol. The molecule has 0 spiro atoms. The molecule has 0 amide bonds. The minimum atomic E-state index is -0.777. The molecule has 0 fully saturated rings. The number of hydrogen-bond donors (Lipinski definition) is 2. The summed E-state index contributed by atoms with van der Waals surface area (Å²) in [5.74, 6) is 0.535. The van der Waals surface area contributed by atoms with Gasteiger partial charge in [0, 0.05) is 11.3 Å². The first-order valence-corrected chi connectivity index (χ1v) is 6.21. The number of hydrogen-bond acceptors (Lipinski definition) is 4. The zero-order valence-electron chi connectivity index (χ0n) is 10.6. The Balaban J connectivity index is 2.51. The average Bonchev–Trinajstić information content (AvgIpc) is 2.32. The number of aryl methyl sites for hydroxylation is 1. The first kappa shape index (κ1) is 14.7. The van der Waals surface area contributed by atoms with Crippen molar-refractivity contribution in [2.75, 3.05) is 13.7 Å². The second-order valence-electron chi connectivity index (χ2n) is 3.99. The summed E-state index contributed by atoms with van der Waals surface area (Å²) < 4.78 is 10.8.